The van der Waals surface area contributed by atoms with Crippen molar-refractivity contribution in [2.75, 3.05) is 13.7 Å². The lowest BCUT2D eigenvalue weighted by atomic mass is 10.1. The van der Waals surface area contributed by atoms with Crippen molar-refractivity contribution in [2.24, 2.45) is 5.92 Å². The molecule has 0 fully saturated rings. The summed E-state index contributed by atoms with van der Waals surface area (Å²) in [4.78, 5) is 0. The van der Waals surface area contributed by atoms with Gasteiger partial charge in [0.1, 0.15) is 12.4 Å². The van der Waals surface area contributed by atoms with Gasteiger partial charge in [0.2, 0.25) is 0 Å². The van der Waals surface area contributed by atoms with E-state index in [1.165, 1.54) is 12.1 Å². The van der Waals surface area contributed by atoms with E-state index in [1.54, 1.807) is 19.2 Å². The molecule has 4 nitrogen and oxygen atoms in total. The Hall–Kier alpha value is -2.11. The van der Waals surface area contributed by atoms with Crippen molar-refractivity contribution in [1.82, 2.24) is 5.32 Å². The minimum absolute atomic E-state index is 0.226. The molecule has 0 aliphatic heterocycles. The maximum absolute atomic E-state index is 12.9. The summed E-state index contributed by atoms with van der Waals surface area (Å²) in [5.74, 6) is 1.24. The van der Waals surface area contributed by atoms with Crippen LogP contribution in [0.5, 0.6) is 11.5 Å². The third kappa shape index (κ3) is 6.03. The first-order valence-corrected chi connectivity index (χ1v) is 8.42. The van der Waals surface area contributed by atoms with E-state index in [1.807, 2.05) is 32.0 Å². The van der Waals surface area contributed by atoms with Gasteiger partial charge >= 0.3 is 0 Å². The standard InChI is InChI=1S/C20H26FNO3/c1-14(2)18(23)12-22-11-16-6-9-19(20(10-16)24-3)25-13-15-4-7-17(21)8-5-15/h4-10,14,18,22-23H,11-13H2,1-3H3. The van der Waals surface area contributed by atoms with Crippen LogP contribution in [0.15, 0.2) is 42.5 Å². The van der Waals surface area contributed by atoms with Crippen LogP contribution >= 0.6 is 0 Å². The highest BCUT2D eigenvalue weighted by molar-refractivity contribution is 5.43. The van der Waals surface area contributed by atoms with E-state index in [4.69, 9.17) is 9.47 Å². The number of benzene rings is 2. The Bertz CT molecular complexity index is 658. The van der Waals surface area contributed by atoms with Gasteiger partial charge in [-0.2, -0.15) is 0 Å². The summed E-state index contributed by atoms with van der Waals surface area (Å²) in [5.41, 5.74) is 1.93. The molecule has 1 atom stereocenters. The quantitative estimate of drug-likeness (QED) is 0.729. The Kier molecular flexibility index (Phi) is 7.22. The fourth-order valence-electron chi connectivity index (χ4n) is 2.28. The SMILES string of the molecule is COc1cc(CNCC(O)C(C)C)ccc1OCc1ccc(F)cc1. The molecule has 0 saturated carbocycles. The first-order chi connectivity index (χ1) is 12.0. The normalized spacial score (nSPS) is 12.2. The number of aliphatic hydroxyl groups is 1. The Morgan fingerprint density at radius 3 is 2.36 bits per heavy atom. The molecule has 1 unspecified atom stereocenters. The van der Waals surface area contributed by atoms with Crippen LogP contribution in [0.1, 0.15) is 25.0 Å². The zero-order valence-corrected chi connectivity index (χ0v) is 15.0. The molecule has 0 radical (unpaired) electrons. The lowest BCUT2D eigenvalue weighted by Gasteiger charge is -2.16. The van der Waals surface area contributed by atoms with Crippen LogP contribution in [0.2, 0.25) is 0 Å². The molecule has 5 heteroatoms. The first-order valence-electron chi connectivity index (χ1n) is 8.42. The highest BCUT2D eigenvalue weighted by atomic mass is 19.1. The number of hydrogen-bond donors (Lipinski definition) is 2. The van der Waals surface area contributed by atoms with Crippen molar-refractivity contribution >= 4 is 0 Å². The molecule has 25 heavy (non-hydrogen) atoms. The summed E-state index contributed by atoms with van der Waals surface area (Å²) < 4.78 is 24.1. The lowest BCUT2D eigenvalue weighted by molar-refractivity contribution is 0.123. The Morgan fingerprint density at radius 1 is 1.04 bits per heavy atom. The molecule has 0 amide bonds. The molecule has 136 valence electrons. The molecular formula is C20H26FNO3. The van der Waals surface area contributed by atoms with Gasteiger partial charge in [-0.1, -0.05) is 32.0 Å². The summed E-state index contributed by atoms with van der Waals surface area (Å²) >= 11 is 0. The second-order valence-electron chi connectivity index (χ2n) is 6.34. The van der Waals surface area contributed by atoms with Crippen molar-refractivity contribution in [3.8, 4) is 11.5 Å². The Labute approximate surface area is 148 Å². The molecule has 0 aliphatic carbocycles. The zero-order chi connectivity index (χ0) is 18.2. The molecule has 2 aromatic carbocycles. The zero-order valence-electron chi connectivity index (χ0n) is 15.0. The second kappa shape index (κ2) is 9.39. The number of halogens is 1. The number of methoxy groups -OCH3 is 1. The molecule has 0 aromatic heterocycles. The van der Waals surface area contributed by atoms with E-state index in [2.05, 4.69) is 5.32 Å². The lowest BCUT2D eigenvalue weighted by Crippen LogP contribution is -2.30. The fraction of sp³-hybridized carbons (Fsp3) is 0.400. The van der Waals surface area contributed by atoms with Gasteiger partial charge in [-0.15, -0.1) is 0 Å². The van der Waals surface area contributed by atoms with E-state index in [9.17, 15) is 9.50 Å². The van der Waals surface area contributed by atoms with Gasteiger partial charge < -0.3 is 19.9 Å². The van der Waals surface area contributed by atoms with Gasteiger partial charge in [0.05, 0.1) is 13.2 Å². The predicted molar refractivity (Wildman–Crippen MR) is 96.3 cm³/mol. The second-order valence-corrected chi connectivity index (χ2v) is 6.34. The van der Waals surface area contributed by atoms with E-state index < -0.39 is 0 Å². The van der Waals surface area contributed by atoms with Crippen molar-refractivity contribution < 1.29 is 19.0 Å². The Morgan fingerprint density at radius 2 is 1.72 bits per heavy atom. The molecule has 2 rings (SSSR count). The van der Waals surface area contributed by atoms with Crippen LogP contribution < -0.4 is 14.8 Å². The highest BCUT2D eigenvalue weighted by Crippen LogP contribution is 2.28. The van der Waals surface area contributed by atoms with E-state index >= 15 is 0 Å². The van der Waals surface area contributed by atoms with E-state index in [0.29, 0.717) is 31.2 Å². The van der Waals surface area contributed by atoms with Gasteiger partial charge in [-0.25, -0.2) is 4.39 Å². The van der Waals surface area contributed by atoms with Gasteiger partial charge in [0, 0.05) is 13.1 Å². The third-order valence-corrected chi connectivity index (χ3v) is 3.99. The minimum Gasteiger partial charge on any atom is -0.493 e. The smallest absolute Gasteiger partial charge is 0.161 e. The van der Waals surface area contributed by atoms with Crippen molar-refractivity contribution in [3.63, 3.8) is 0 Å². The third-order valence-electron chi connectivity index (χ3n) is 3.99. The fourth-order valence-corrected chi connectivity index (χ4v) is 2.28. The predicted octanol–water partition coefficient (Wildman–Crippen LogP) is 3.52. The topological polar surface area (TPSA) is 50.7 Å². The van der Waals surface area contributed by atoms with Gasteiger partial charge in [-0.05, 0) is 41.3 Å². The number of rotatable bonds is 9. The molecular weight excluding hydrogens is 321 g/mol. The number of hydrogen-bond acceptors (Lipinski definition) is 4. The minimum atomic E-state index is -0.361. The monoisotopic (exact) mass is 347 g/mol. The number of ether oxygens (including phenoxy) is 2. The summed E-state index contributed by atoms with van der Waals surface area (Å²) in [6.45, 7) is 5.50. The van der Waals surface area contributed by atoms with Crippen molar-refractivity contribution in [1.29, 1.82) is 0 Å². The van der Waals surface area contributed by atoms with Gasteiger partial charge in [0.25, 0.3) is 0 Å². The molecule has 2 aromatic rings. The Balaban J connectivity index is 1.92. The van der Waals surface area contributed by atoms with Crippen LogP contribution in [-0.2, 0) is 13.2 Å². The molecule has 0 heterocycles. The van der Waals surface area contributed by atoms with Crippen molar-refractivity contribution in [2.45, 2.75) is 33.1 Å². The van der Waals surface area contributed by atoms with Crippen LogP contribution in [0.3, 0.4) is 0 Å². The largest absolute Gasteiger partial charge is 0.493 e. The maximum atomic E-state index is 12.9. The van der Waals surface area contributed by atoms with Crippen LogP contribution in [0.4, 0.5) is 4.39 Å². The number of nitrogens with one attached hydrogen (secondary N) is 1. The summed E-state index contributed by atoms with van der Waals surface area (Å²) in [7, 11) is 1.60. The summed E-state index contributed by atoms with van der Waals surface area (Å²) in [5, 5.41) is 13.0. The number of aliphatic hydroxyl groups excluding tert-OH is 1. The van der Waals surface area contributed by atoms with Crippen LogP contribution in [-0.4, -0.2) is 24.9 Å². The maximum Gasteiger partial charge on any atom is 0.161 e. The molecule has 0 aliphatic rings. The average molecular weight is 347 g/mol. The van der Waals surface area contributed by atoms with Gasteiger partial charge in [-0.3, -0.25) is 0 Å². The molecule has 0 saturated heterocycles. The van der Waals surface area contributed by atoms with E-state index in [-0.39, 0.29) is 17.8 Å². The van der Waals surface area contributed by atoms with Crippen LogP contribution in [0.25, 0.3) is 0 Å². The van der Waals surface area contributed by atoms with Crippen LogP contribution in [0, 0.1) is 11.7 Å². The van der Waals surface area contributed by atoms with E-state index in [0.717, 1.165) is 11.1 Å². The van der Waals surface area contributed by atoms with Gasteiger partial charge in [0.15, 0.2) is 11.5 Å². The molecule has 0 bridgehead atoms. The highest BCUT2D eigenvalue weighted by Gasteiger charge is 2.09. The first kappa shape index (κ1) is 19.2. The summed E-state index contributed by atoms with van der Waals surface area (Å²) in [6, 6.07) is 11.9. The molecule has 2 N–H and O–H groups in total. The summed E-state index contributed by atoms with van der Waals surface area (Å²) in [6.07, 6.45) is -0.361. The average Bonchev–Trinajstić information content (AvgIpc) is 2.61. The molecule has 0 spiro atoms. The van der Waals surface area contributed by atoms with Crippen molar-refractivity contribution in [3.05, 3.63) is 59.4 Å².